The van der Waals surface area contributed by atoms with Crippen LogP contribution in [0.15, 0.2) is 47.5 Å². The van der Waals surface area contributed by atoms with Crippen LogP contribution in [-0.2, 0) is 4.79 Å². The summed E-state index contributed by atoms with van der Waals surface area (Å²) in [6, 6.07) is 9.20. The summed E-state index contributed by atoms with van der Waals surface area (Å²) >= 11 is 0. The van der Waals surface area contributed by atoms with Crippen molar-refractivity contribution in [2.45, 2.75) is 34.6 Å². The summed E-state index contributed by atoms with van der Waals surface area (Å²) in [6.45, 7) is 14.7. The molecule has 3 aliphatic rings. The van der Waals surface area contributed by atoms with Gasteiger partial charge in [-0.1, -0.05) is 27.7 Å². The van der Waals surface area contributed by atoms with Gasteiger partial charge in [0, 0.05) is 61.8 Å². The van der Waals surface area contributed by atoms with Crippen LogP contribution in [0.3, 0.4) is 0 Å². The van der Waals surface area contributed by atoms with Gasteiger partial charge in [-0.25, -0.2) is 4.98 Å². The number of benzene rings is 1. The summed E-state index contributed by atoms with van der Waals surface area (Å²) in [7, 11) is 0. The van der Waals surface area contributed by atoms with Crippen molar-refractivity contribution >= 4 is 40.3 Å². The van der Waals surface area contributed by atoms with Crippen molar-refractivity contribution in [2.24, 2.45) is 16.7 Å². The monoisotopic (exact) mass is 585 g/mol. The molecule has 226 valence electrons. The van der Waals surface area contributed by atoms with Gasteiger partial charge in [-0.15, -0.1) is 0 Å². The average Bonchev–Trinajstić information content (AvgIpc) is 3.41. The first-order valence-corrected chi connectivity index (χ1v) is 14.8. The van der Waals surface area contributed by atoms with Crippen molar-refractivity contribution in [2.75, 3.05) is 60.2 Å². The van der Waals surface area contributed by atoms with Gasteiger partial charge < -0.3 is 35.5 Å². The predicted octanol–water partition coefficient (Wildman–Crippen LogP) is 4.21. The molecular formula is C32H39N7O4. The molecule has 11 heteroatoms. The van der Waals surface area contributed by atoms with Crippen LogP contribution < -0.4 is 31.1 Å². The molecule has 6 rings (SSSR count). The van der Waals surface area contributed by atoms with E-state index in [-0.39, 0.29) is 28.2 Å². The van der Waals surface area contributed by atoms with E-state index in [1.807, 2.05) is 36.1 Å². The molecule has 43 heavy (non-hydrogen) atoms. The Bertz CT molecular complexity index is 1610. The fraction of sp³-hybridized carbons (Fsp3) is 0.438. The molecule has 1 saturated carbocycles. The molecule has 2 amide bonds. The summed E-state index contributed by atoms with van der Waals surface area (Å²) in [5.41, 5.74) is 3.81. The summed E-state index contributed by atoms with van der Waals surface area (Å²) in [5.74, 6) is 0.344. The number of carbonyl (C=O) groups excluding carboxylic acids is 2. The van der Waals surface area contributed by atoms with Crippen LogP contribution in [0, 0.1) is 23.7 Å². The number of fused-ring (bicyclic) bond motifs is 1. The minimum Gasteiger partial charge on any atom is -0.474 e. The van der Waals surface area contributed by atoms with Crippen LogP contribution in [0.1, 0.15) is 43.6 Å². The summed E-state index contributed by atoms with van der Waals surface area (Å²) < 4.78 is 5.60. The molecule has 1 saturated heterocycles. The molecular weight excluding hydrogens is 546 g/mol. The second kappa shape index (κ2) is 10.6. The van der Waals surface area contributed by atoms with Crippen LogP contribution in [0.2, 0.25) is 0 Å². The van der Waals surface area contributed by atoms with Crippen LogP contribution in [0.4, 0.5) is 28.4 Å². The number of anilines is 5. The molecule has 2 aromatic heterocycles. The van der Waals surface area contributed by atoms with Crippen molar-refractivity contribution < 1.29 is 14.3 Å². The largest absolute Gasteiger partial charge is 0.474 e. The highest BCUT2D eigenvalue weighted by Gasteiger charge is 2.68. The van der Waals surface area contributed by atoms with Crippen LogP contribution >= 0.6 is 0 Å². The van der Waals surface area contributed by atoms with E-state index in [0.29, 0.717) is 49.2 Å². The van der Waals surface area contributed by atoms with Crippen molar-refractivity contribution in [1.82, 2.24) is 14.9 Å². The lowest BCUT2D eigenvalue weighted by Crippen LogP contribution is -2.49. The van der Waals surface area contributed by atoms with Crippen molar-refractivity contribution in [3.63, 3.8) is 0 Å². The standard InChI is InChI=1S/C32H39N7O4/c1-19-23(18-35-29-25(19)33-12-17-43-29)37-22-10-11-34-27(40)24(22)28(41)36-20-6-8-21(9-7-20)38-13-15-39(16-14-38)30(42)26-31(2,3)32(26,4)5/h6-11,18,26,33H,12-17H2,1-5H3,(H,36,41)(H2,34,37,40). The lowest BCUT2D eigenvalue weighted by Gasteiger charge is -2.36. The van der Waals surface area contributed by atoms with Crippen LogP contribution in [0.5, 0.6) is 5.88 Å². The third kappa shape index (κ3) is 5.06. The summed E-state index contributed by atoms with van der Waals surface area (Å²) in [4.78, 5) is 50.5. The fourth-order valence-electron chi connectivity index (χ4n) is 6.43. The smallest absolute Gasteiger partial charge is 0.263 e. The first-order valence-electron chi connectivity index (χ1n) is 14.8. The number of carbonyl (C=O) groups is 2. The van der Waals surface area contributed by atoms with E-state index >= 15 is 0 Å². The molecule has 4 heterocycles. The Kier molecular flexibility index (Phi) is 7.06. The Labute approximate surface area is 251 Å². The molecule has 11 nitrogen and oxygen atoms in total. The minimum atomic E-state index is -0.528. The first kappa shape index (κ1) is 28.6. The van der Waals surface area contributed by atoms with Gasteiger partial charge in [-0.2, -0.15) is 0 Å². The zero-order valence-corrected chi connectivity index (χ0v) is 25.3. The third-order valence-electron chi connectivity index (χ3n) is 9.75. The first-order chi connectivity index (χ1) is 20.5. The van der Waals surface area contributed by atoms with Crippen molar-refractivity contribution in [1.29, 1.82) is 0 Å². The number of nitrogens with zero attached hydrogens (tertiary/aromatic N) is 3. The minimum absolute atomic E-state index is 0.0317. The number of nitrogens with one attached hydrogen (secondary N) is 4. The normalized spacial score (nSPS) is 18.6. The second-order valence-corrected chi connectivity index (χ2v) is 12.7. The Morgan fingerprint density at radius 3 is 2.37 bits per heavy atom. The van der Waals surface area contributed by atoms with E-state index in [1.165, 1.54) is 6.20 Å². The number of aromatic nitrogens is 2. The molecule has 0 atom stereocenters. The topological polar surface area (TPSA) is 132 Å². The van der Waals surface area contributed by atoms with E-state index in [1.54, 1.807) is 12.3 Å². The highest BCUT2D eigenvalue weighted by Crippen LogP contribution is 2.68. The van der Waals surface area contributed by atoms with Gasteiger partial charge in [-0.05, 0) is 48.1 Å². The Hall–Kier alpha value is -4.54. The zero-order chi connectivity index (χ0) is 30.5. The number of H-pyrrole nitrogens is 1. The molecule has 2 fully saturated rings. The molecule has 0 bridgehead atoms. The maximum absolute atomic E-state index is 13.3. The number of hydrogen-bond donors (Lipinski definition) is 4. The fourth-order valence-corrected chi connectivity index (χ4v) is 6.43. The molecule has 0 radical (unpaired) electrons. The number of aromatic amines is 1. The number of hydrogen-bond acceptors (Lipinski definition) is 8. The highest BCUT2D eigenvalue weighted by atomic mass is 16.5. The number of piperazine rings is 1. The van der Waals surface area contributed by atoms with Gasteiger partial charge >= 0.3 is 0 Å². The van der Waals surface area contributed by atoms with Gasteiger partial charge in [0.15, 0.2) is 0 Å². The lowest BCUT2D eigenvalue weighted by molar-refractivity contribution is -0.134. The van der Waals surface area contributed by atoms with Crippen molar-refractivity contribution in [3.05, 3.63) is 64.2 Å². The molecule has 2 aliphatic heterocycles. The maximum atomic E-state index is 13.3. The van der Waals surface area contributed by atoms with Gasteiger partial charge in [0.25, 0.3) is 11.5 Å². The van der Waals surface area contributed by atoms with E-state index in [2.05, 4.69) is 58.5 Å². The van der Waals surface area contributed by atoms with Crippen LogP contribution in [0.25, 0.3) is 0 Å². The molecule has 0 spiro atoms. The zero-order valence-electron chi connectivity index (χ0n) is 25.3. The van der Waals surface area contributed by atoms with Crippen molar-refractivity contribution in [3.8, 4) is 5.88 Å². The quantitative estimate of drug-likeness (QED) is 0.338. The number of rotatable bonds is 6. The van der Waals surface area contributed by atoms with E-state index in [4.69, 9.17) is 4.74 Å². The van der Waals surface area contributed by atoms with Gasteiger partial charge in [-0.3, -0.25) is 14.4 Å². The Morgan fingerprint density at radius 1 is 1.00 bits per heavy atom. The number of pyridine rings is 2. The van der Waals surface area contributed by atoms with Gasteiger partial charge in [0.1, 0.15) is 17.9 Å². The van der Waals surface area contributed by atoms with E-state index in [9.17, 15) is 14.4 Å². The third-order valence-corrected chi connectivity index (χ3v) is 9.75. The number of amides is 2. The maximum Gasteiger partial charge on any atom is 0.263 e. The Balaban J connectivity index is 1.10. The molecule has 1 aliphatic carbocycles. The van der Waals surface area contributed by atoms with Gasteiger partial charge in [0.2, 0.25) is 11.8 Å². The highest BCUT2D eigenvalue weighted by molar-refractivity contribution is 6.08. The summed E-state index contributed by atoms with van der Waals surface area (Å²) in [6.07, 6.45) is 3.13. The molecule has 4 N–H and O–H groups in total. The van der Waals surface area contributed by atoms with Gasteiger partial charge in [0.05, 0.1) is 17.6 Å². The van der Waals surface area contributed by atoms with E-state index in [0.717, 1.165) is 30.0 Å². The SMILES string of the molecule is Cc1c(Nc2cc[nH]c(=O)c2C(=O)Nc2ccc(N3CCN(C(=O)C4C(C)(C)C4(C)C)CC3)cc2)cnc2c1NCCO2. The Morgan fingerprint density at radius 2 is 1.70 bits per heavy atom. The molecule has 3 aromatic rings. The molecule has 1 aromatic carbocycles. The predicted molar refractivity (Wildman–Crippen MR) is 168 cm³/mol. The van der Waals surface area contributed by atoms with Crippen LogP contribution in [-0.4, -0.2) is 66.0 Å². The van der Waals surface area contributed by atoms with E-state index < -0.39 is 11.5 Å². The average molecular weight is 586 g/mol. The summed E-state index contributed by atoms with van der Waals surface area (Å²) in [5, 5.41) is 9.36. The second-order valence-electron chi connectivity index (χ2n) is 12.7. The molecule has 0 unspecified atom stereocenters. The number of ether oxygens (including phenoxy) is 1. The lowest BCUT2D eigenvalue weighted by atomic mass is 10.0.